The molecule has 0 aliphatic rings. The minimum absolute atomic E-state index is 0.118. The summed E-state index contributed by atoms with van der Waals surface area (Å²) < 4.78 is 11.4. The van der Waals surface area contributed by atoms with Crippen LogP contribution in [0.25, 0.3) is 11.1 Å². The third kappa shape index (κ3) is 5.96. The number of benzene rings is 3. The molecule has 168 valence electrons. The molecular weight excluding hydrogens is 434 g/mol. The van der Waals surface area contributed by atoms with Crippen molar-refractivity contribution in [2.24, 2.45) is 0 Å². The molecule has 0 spiro atoms. The molecule has 0 unspecified atom stereocenters. The molecule has 33 heavy (non-hydrogen) atoms. The van der Waals surface area contributed by atoms with Crippen LogP contribution in [0.15, 0.2) is 65.1 Å². The van der Waals surface area contributed by atoms with Crippen LogP contribution < -0.4 is 15.4 Å². The summed E-state index contributed by atoms with van der Waals surface area (Å²) in [6, 6.07) is 19.4. The number of rotatable bonds is 6. The molecule has 0 aliphatic carbocycles. The highest BCUT2D eigenvalue weighted by molar-refractivity contribution is 7.80. The normalized spacial score (nSPS) is 10.8. The molecule has 0 atom stereocenters. The third-order valence-electron chi connectivity index (χ3n) is 5.08. The fourth-order valence-electron chi connectivity index (χ4n) is 3.49. The van der Waals surface area contributed by atoms with E-state index in [0.29, 0.717) is 18.1 Å². The molecule has 1 heterocycles. The first kappa shape index (κ1) is 22.5. The Kier molecular flexibility index (Phi) is 6.70. The van der Waals surface area contributed by atoms with Crippen molar-refractivity contribution < 1.29 is 13.9 Å². The van der Waals surface area contributed by atoms with E-state index in [0.717, 1.165) is 33.5 Å². The quantitative estimate of drug-likeness (QED) is 0.384. The number of nitrogens with zero attached hydrogens (tertiary/aromatic N) is 1. The molecule has 2 N–H and O–H groups in total. The monoisotopic (exact) mass is 459 g/mol. The lowest BCUT2D eigenvalue weighted by atomic mass is 10.1. The molecule has 7 heteroatoms. The van der Waals surface area contributed by atoms with Crippen molar-refractivity contribution in [3.63, 3.8) is 0 Å². The van der Waals surface area contributed by atoms with Crippen LogP contribution in [0.2, 0.25) is 0 Å². The van der Waals surface area contributed by atoms with Crippen molar-refractivity contribution in [1.82, 2.24) is 10.3 Å². The minimum atomic E-state index is -0.328. The van der Waals surface area contributed by atoms with Crippen molar-refractivity contribution in [3.05, 3.63) is 88.8 Å². The van der Waals surface area contributed by atoms with Crippen molar-refractivity contribution in [2.45, 2.75) is 27.2 Å². The maximum absolute atomic E-state index is 12.1. The zero-order chi connectivity index (χ0) is 23.4. The van der Waals surface area contributed by atoms with Crippen LogP contribution in [0.1, 0.15) is 28.1 Å². The Balaban J connectivity index is 1.29. The fraction of sp³-hybridized carbons (Fsp3) is 0.192. The number of hydrogen-bond acceptors (Lipinski definition) is 5. The van der Waals surface area contributed by atoms with Gasteiger partial charge >= 0.3 is 0 Å². The van der Waals surface area contributed by atoms with E-state index in [4.69, 9.17) is 21.4 Å². The van der Waals surface area contributed by atoms with E-state index in [1.165, 1.54) is 5.56 Å². The van der Waals surface area contributed by atoms with Gasteiger partial charge < -0.3 is 14.5 Å². The second-order valence-corrected chi connectivity index (χ2v) is 8.42. The molecule has 6 nitrogen and oxygen atoms in total. The number of thiocarbonyl (C=S) groups is 1. The van der Waals surface area contributed by atoms with E-state index in [1.54, 1.807) is 0 Å². The van der Waals surface area contributed by atoms with E-state index in [1.807, 2.05) is 68.4 Å². The average Bonchev–Trinajstić information content (AvgIpc) is 3.17. The van der Waals surface area contributed by atoms with Gasteiger partial charge in [-0.1, -0.05) is 35.9 Å². The van der Waals surface area contributed by atoms with Gasteiger partial charge in [0.05, 0.1) is 0 Å². The van der Waals surface area contributed by atoms with Gasteiger partial charge in [-0.25, -0.2) is 4.98 Å². The van der Waals surface area contributed by atoms with Crippen molar-refractivity contribution in [3.8, 4) is 5.75 Å². The van der Waals surface area contributed by atoms with Crippen LogP contribution in [0.5, 0.6) is 5.75 Å². The summed E-state index contributed by atoms with van der Waals surface area (Å²) in [7, 11) is 0. The van der Waals surface area contributed by atoms with Gasteiger partial charge in [-0.3, -0.25) is 10.1 Å². The van der Waals surface area contributed by atoms with Crippen LogP contribution >= 0.6 is 12.2 Å². The maximum Gasteiger partial charge on any atom is 0.264 e. The third-order valence-corrected chi connectivity index (χ3v) is 5.28. The van der Waals surface area contributed by atoms with E-state index in [-0.39, 0.29) is 17.6 Å². The molecule has 3 aromatic carbocycles. The highest BCUT2D eigenvalue weighted by Crippen LogP contribution is 2.23. The largest absolute Gasteiger partial charge is 0.484 e. The van der Waals surface area contributed by atoms with Crippen LogP contribution in [0, 0.1) is 20.8 Å². The number of nitrogens with one attached hydrogen (secondary N) is 2. The molecule has 4 aromatic rings. The Morgan fingerprint density at radius 3 is 2.45 bits per heavy atom. The summed E-state index contributed by atoms with van der Waals surface area (Å²) in [5.74, 6) is 0.983. The predicted molar refractivity (Wildman–Crippen MR) is 134 cm³/mol. The van der Waals surface area contributed by atoms with Crippen molar-refractivity contribution in [1.29, 1.82) is 0 Å². The number of anilines is 1. The zero-order valence-electron chi connectivity index (χ0n) is 18.8. The Hall–Kier alpha value is -3.71. The Bertz CT molecular complexity index is 1300. The molecule has 0 radical (unpaired) electrons. The number of carbonyl (C=O) groups is 1. The Morgan fingerprint density at radius 2 is 1.73 bits per heavy atom. The van der Waals surface area contributed by atoms with Crippen LogP contribution in [0.4, 0.5) is 5.69 Å². The smallest absolute Gasteiger partial charge is 0.264 e. The lowest BCUT2D eigenvalue weighted by molar-refractivity contribution is -0.121. The Morgan fingerprint density at radius 1 is 1.00 bits per heavy atom. The van der Waals surface area contributed by atoms with Gasteiger partial charge in [0.2, 0.25) is 0 Å². The number of oxazole rings is 1. The van der Waals surface area contributed by atoms with Gasteiger partial charge in [-0.05, 0) is 80.0 Å². The molecule has 0 fully saturated rings. The SMILES string of the molecule is Cc1ccc(OCC(=O)NC(=S)Nc2ccc(Cc3nc4cc(C)cc(C)c4o3)cc2)cc1. The van der Waals surface area contributed by atoms with Crippen LogP contribution in [0.3, 0.4) is 0 Å². The molecule has 0 bridgehead atoms. The molecule has 4 rings (SSSR count). The van der Waals surface area contributed by atoms with Gasteiger partial charge in [0.15, 0.2) is 23.2 Å². The number of fused-ring (bicyclic) bond motifs is 1. The zero-order valence-corrected chi connectivity index (χ0v) is 19.6. The van der Waals surface area contributed by atoms with Crippen LogP contribution in [-0.2, 0) is 11.2 Å². The first-order valence-corrected chi connectivity index (χ1v) is 11.0. The molecule has 0 aliphatic heterocycles. The number of aryl methyl sites for hydroxylation is 3. The number of hydrogen-bond donors (Lipinski definition) is 2. The summed E-state index contributed by atoms with van der Waals surface area (Å²) in [4.78, 5) is 16.7. The molecule has 1 aromatic heterocycles. The minimum Gasteiger partial charge on any atom is -0.484 e. The summed E-state index contributed by atoms with van der Waals surface area (Å²) in [5.41, 5.74) is 6.93. The molecule has 1 amide bonds. The first-order valence-electron chi connectivity index (χ1n) is 10.6. The standard InChI is InChI=1S/C26H25N3O3S/c1-16-4-10-21(11-5-16)31-15-23(30)29-26(33)27-20-8-6-19(7-9-20)14-24-28-22-13-17(2)12-18(3)25(22)32-24/h4-13H,14-15H2,1-3H3,(H2,27,29,30,33). The number of amides is 1. The van der Waals surface area contributed by atoms with Gasteiger partial charge in [0.25, 0.3) is 5.91 Å². The topological polar surface area (TPSA) is 76.4 Å². The first-order chi connectivity index (χ1) is 15.9. The molecule has 0 saturated heterocycles. The highest BCUT2D eigenvalue weighted by Gasteiger charge is 2.10. The lowest BCUT2D eigenvalue weighted by Crippen LogP contribution is -2.37. The van der Waals surface area contributed by atoms with E-state index >= 15 is 0 Å². The van der Waals surface area contributed by atoms with E-state index in [9.17, 15) is 4.79 Å². The molecular formula is C26H25N3O3S. The van der Waals surface area contributed by atoms with Gasteiger partial charge in [0, 0.05) is 12.1 Å². The predicted octanol–water partition coefficient (Wildman–Crippen LogP) is 5.24. The fourth-order valence-corrected chi connectivity index (χ4v) is 3.72. The summed E-state index contributed by atoms with van der Waals surface area (Å²) in [5, 5.41) is 5.84. The maximum atomic E-state index is 12.1. The summed E-state index contributed by atoms with van der Waals surface area (Å²) in [6.07, 6.45) is 0.588. The average molecular weight is 460 g/mol. The van der Waals surface area contributed by atoms with Crippen molar-refractivity contribution in [2.75, 3.05) is 11.9 Å². The number of ether oxygens (including phenoxy) is 1. The lowest BCUT2D eigenvalue weighted by Gasteiger charge is -2.11. The highest BCUT2D eigenvalue weighted by atomic mass is 32.1. The number of aromatic nitrogens is 1. The summed E-state index contributed by atoms with van der Waals surface area (Å²) >= 11 is 5.23. The van der Waals surface area contributed by atoms with Gasteiger partial charge in [0.1, 0.15) is 11.3 Å². The Labute approximate surface area is 198 Å². The second-order valence-electron chi connectivity index (χ2n) is 8.02. The van der Waals surface area contributed by atoms with Crippen LogP contribution in [-0.4, -0.2) is 22.6 Å². The van der Waals surface area contributed by atoms with Gasteiger partial charge in [-0.2, -0.15) is 0 Å². The summed E-state index contributed by atoms with van der Waals surface area (Å²) in [6.45, 7) is 5.95. The van der Waals surface area contributed by atoms with E-state index in [2.05, 4.69) is 28.6 Å². The van der Waals surface area contributed by atoms with Gasteiger partial charge in [-0.15, -0.1) is 0 Å². The second kappa shape index (κ2) is 9.83. The van der Waals surface area contributed by atoms with Crippen molar-refractivity contribution >= 4 is 40.0 Å². The number of carbonyl (C=O) groups excluding carboxylic acids is 1. The van der Waals surface area contributed by atoms with E-state index < -0.39 is 0 Å². The molecule has 0 saturated carbocycles.